The number of hydrogen-bond donors (Lipinski definition) is 2. The molecule has 0 heterocycles. The molecule has 0 aromatic carbocycles. The molecule has 3 heteroatoms. The fourth-order valence-electron chi connectivity index (χ4n) is 2.42. The van der Waals surface area contributed by atoms with Gasteiger partial charge in [0.2, 0.25) is 5.91 Å². The predicted octanol–water partition coefficient (Wildman–Crippen LogP) is 2.44. The minimum absolute atomic E-state index is 0.00234. The summed E-state index contributed by atoms with van der Waals surface area (Å²) in [5.74, 6) is -0.00234. The van der Waals surface area contributed by atoms with Crippen LogP contribution in [-0.4, -0.2) is 18.0 Å². The van der Waals surface area contributed by atoms with Crippen LogP contribution < -0.4 is 11.1 Å². The summed E-state index contributed by atoms with van der Waals surface area (Å²) in [7, 11) is 0. The summed E-state index contributed by atoms with van der Waals surface area (Å²) in [5, 5.41) is 3.15. The summed E-state index contributed by atoms with van der Waals surface area (Å²) in [6, 6.07) is -0.155. The molecule has 1 saturated carbocycles. The van der Waals surface area contributed by atoms with Crippen molar-refractivity contribution >= 4 is 5.91 Å². The van der Waals surface area contributed by atoms with Crippen molar-refractivity contribution in [1.29, 1.82) is 0 Å². The molecule has 1 aliphatic carbocycles. The van der Waals surface area contributed by atoms with E-state index in [2.05, 4.69) is 19.2 Å². The molecule has 0 aromatic heterocycles. The van der Waals surface area contributed by atoms with E-state index in [1.807, 2.05) is 20.8 Å². The van der Waals surface area contributed by atoms with Crippen molar-refractivity contribution in [1.82, 2.24) is 5.32 Å². The van der Waals surface area contributed by atoms with Gasteiger partial charge in [0.25, 0.3) is 0 Å². The highest BCUT2D eigenvalue weighted by molar-refractivity contribution is 5.82. The zero-order valence-corrected chi connectivity index (χ0v) is 12.0. The second-order valence-electron chi connectivity index (χ2n) is 7.14. The Bertz CT molecular complexity index is 278. The van der Waals surface area contributed by atoms with E-state index in [9.17, 15) is 4.79 Å². The summed E-state index contributed by atoms with van der Waals surface area (Å²) in [6.07, 6.45) is 4.74. The van der Waals surface area contributed by atoms with Gasteiger partial charge in [0.05, 0.1) is 6.04 Å². The van der Waals surface area contributed by atoms with Crippen molar-refractivity contribution in [2.75, 3.05) is 0 Å². The van der Waals surface area contributed by atoms with E-state index in [-0.39, 0.29) is 22.8 Å². The van der Waals surface area contributed by atoms with Gasteiger partial charge >= 0.3 is 0 Å². The molecule has 0 aliphatic heterocycles. The minimum atomic E-state index is -0.430. The van der Waals surface area contributed by atoms with Crippen molar-refractivity contribution in [2.45, 2.75) is 72.4 Å². The van der Waals surface area contributed by atoms with Crippen molar-refractivity contribution < 1.29 is 4.79 Å². The van der Waals surface area contributed by atoms with Crippen LogP contribution in [0.4, 0.5) is 0 Å². The van der Waals surface area contributed by atoms with Crippen LogP contribution in [0.2, 0.25) is 0 Å². The smallest absolute Gasteiger partial charge is 0.237 e. The molecular formula is C14H28N2O. The predicted molar refractivity (Wildman–Crippen MR) is 71.6 cm³/mol. The monoisotopic (exact) mass is 240 g/mol. The standard InChI is InChI=1S/C14H28N2O/c1-13(2,3)11(15)12(17)16-10-8-6-7-9-14(10,4)5/h10-11H,6-9,15H2,1-5H3,(H,16,17)/t10?,11-/m1/s1. The Labute approximate surface area is 106 Å². The highest BCUT2D eigenvalue weighted by Crippen LogP contribution is 2.35. The normalized spacial score (nSPS) is 26.4. The zero-order valence-electron chi connectivity index (χ0n) is 12.0. The lowest BCUT2D eigenvalue weighted by Gasteiger charge is -2.40. The number of hydrogen-bond acceptors (Lipinski definition) is 2. The lowest BCUT2D eigenvalue weighted by molar-refractivity contribution is -0.126. The molecule has 1 fully saturated rings. The average Bonchev–Trinajstić information content (AvgIpc) is 2.18. The maximum Gasteiger partial charge on any atom is 0.237 e. The summed E-state index contributed by atoms with van der Waals surface area (Å²) in [4.78, 5) is 12.1. The van der Waals surface area contributed by atoms with E-state index in [4.69, 9.17) is 5.73 Å². The van der Waals surface area contributed by atoms with E-state index in [1.54, 1.807) is 0 Å². The lowest BCUT2D eigenvalue weighted by Crippen LogP contribution is -2.55. The molecule has 1 unspecified atom stereocenters. The first kappa shape index (κ1) is 14.5. The van der Waals surface area contributed by atoms with Gasteiger partial charge < -0.3 is 11.1 Å². The third kappa shape index (κ3) is 3.70. The van der Waals surface area contributed by atoms with Gasteiger partial charge in [0.15, 0.2) is 0 Å². The highest BCUT2D eigenvalue weighted by atomic mass is 16.2. The maximum atomic E-state index is 12.1. The van der Waals surface area contributed by atoms with E-state index in [0.29, 0.717) is 0 Å². The molecule has 0 radical (unpaired) electrons. The van der Waals surface area contributed by atoms with Crippen LogP contribution >= 0.6 is 0 Å². The van der Waals surface area contributed by atoms with E-state index in [1.165, 1.54) is 19.3 Å². The van der Waals surface area contributed by atoms with Gasteiger partial charge in [-0.3, -0.25) is 4.79 Å². The van der Waals surface area contributed by atoms with Crippen LogP contribution in [0.15, 0.2) is 0 Å². The topological polar surface area (TPSA) is 55.1 Å². The summed E-state index contributed by atoms with van der Waals surface area (Å²) in [6.45, 7) is 10.5. The first-order valence-corrected chi connectivity index (χ1v) is 6.70. The molecule has 3 N–H and O–H groups in total. The summed E-state index contributed by atoms with van der Waals surface area (Å²) < 4.78 is 0. The quantitative estimate of drug-likeness (QED) is 0.779. The van der Waals surface area contributed by atoms with Gasteiger partial charge in [-0.15, -0.1) is 0 Å². The van der Waals surface area contributed by atoms with Crippen LogP contribution in [0.25, 0.3) is 0 Å². The van der Waals surface area contributed by atoms with Crippen molar-refractivity contribution in [2.24, 2.45) is 16.6 Å². The molecular weight excluding hydrogens is 212 g/mol. The Morgan fingerprint density at radius 2 is 1.94 bits per heavy atom. The number of rotatable bonds is 2. The van der Waals surface area contributed by atoms with Crippen LogP contribution in [0, 0.1) is 10.8 Å². The van der Waals surface area contributed by atoms with Gasteiger partial charge in [-0.25, -0.2) is 0 Å². The largest absolute Gasteiger partial charge is 0.351 e. The fraction of sp³-hybridized carbons (Fsp3) is 0.929. The minimum Gasteiger partial charge on any atom is -0.351 e. The molecule has 0 spiro atoms. The van der Waals surface area contributed by atoms with Crippen molar-refractivity contribution in [3.05, 3.63) is 0 Å². The molecule has 0 bridgehead atoms. The number of carbonyl (C=O) groups is 1. The molecule has 2 atom stereocenters. The number of nitrogens with two attached hydrogens (primary N) is 1. The molecule has 1 amide bonds. The third-order valence-corrected chi connectivity index (χ3v) is 4.04. The molecule has 1 rings (SSSR count). The SMILES string of the molecule is CC1(C)CCCCC1NC(=O)[C@@H](N)C(C)(C)C. The zero-order chi connectivity index (χ0) is 13.3. The van der Waals surface area contributed by atoms with Crippen molar-refractivity contribution in [3.63, 3.8) is 0 Å². The Morgan fingerprint density at radius 3 is 2.41 bits per heavy atom. The Balaban J connectivity index is 2.62. The third-order valence-electron chi connectivity index (χ3n) is 4.04. The van der Waals surface area contributed by atoms with Gasteiger partial charge in [-0.2, -0.15) is 0 Å². The van der Waals surface area contributed by atoms with Crippen LogP contribution in [0.1, 0.15) is 60.3 Å². The second kappa shape index (κ2) is 4.97. The first-order chi connectivity index (χ1) is 7.64. The fourth-order valence-corrected chi connectivity index (χ4v) is 2.42. The van der Waals surface area contributed by atoms with Crippen molar-refractivity contribution in [3.8, 4) is 0 Å². The molecule has 0 aromatic rings. The second-order valence-corrected chi connectivity index (χ2v) is 7.14. The average molecular weight is 240 g/mol. The Morgan fingerprint density at radius 1 is 1.35 bits per heavy atom. The molecule has 100 valence electrons. The van der Waals surface area contributed by atoms with Gasteiger partial charge in [-0.1, -0.05) is 47.5 Å². The maximum absolute atomic E-state index is 12.1. The van der Waals surface area contributed by atoms with Gasteiger partial charge in [0, 0.05) is 6.04 Å². The van der Waals surface area contributed by atoms with E-state index in [0.717, 1.165) is 6.42 Å². The van der Waals surface area contributed by atoms with E-state index >= 15 is 0 Å². The molecule has 1 aliphatic rings. The first-order valence-electron chi connectivity index (χ1n) is 6.70. The Hall–Kier alpha value is -0.570. The lowest BCUT2D eigenvalue weighted by atomic mass is 9.73. The van der Waals surface area contributed by atoms with Gasteiger partial charge in [0.1, 0.15) is 0 Å². The van der Waals surface area contributed by atoms with E-state index < -0.39 is 6.04 Å². The number of carbonyl (C=O) groups excluding carboxylic acids is 1. The summed E-state index contributed by atoms with van der Waals surface area (Å²) >= 11 is 0. The van der Waals surface area contributed by atoms with Gasteiger partial charge in [-0.05, 0) is 23.7 Å². The number of nitrogens with one attached hydrogen (secondary N) is 1. The van der Waals surface area contributed by atoms with Crippen LogP contribution in [-0.2, 0) is 4.79 Å². The molecule has 0 saturated heterocycles. The molecule has 3 nitrogen and oxygen atoms in total. The van der Waals surface area contributed by atoms with Crippen LogP contribution in [0.5, 0.6) is 0 Å². The number of amides is 1. The van der Waals surface area contributed by atoms with Crippen LogP contribution in [0.3, 0.4) is 0 Å². The summed E-state index contributed by atoms with van der Waals surface area (Å²) in [5.41, 5.74) is 6.01. The molecule has 17 heavy (non-hydrogen) atoms. The highest BCUT2D eigenvalue weighted by Gasteiger charge is 2.36. The Kier molecular flexibility index (Phi) is 4.23.